The summed E-state index contributed by atoms with van der Waals surface area (Å²) in [5.74, 6) is 0.948. The van der Waals surface area contributed by atoms with Crippen LogP contribution in [-0.4, -0.2) is 29.9 Å². The fraction of sp³-hybridized carbons (Fsp3) is 0.722. The maximum atomic E-state index is 12.7. The molecule has 0 spiro atoms. The van der Waals surface area contributed by atoms with Gasteiger partial charge in [0.15, 0.2) is 0 Å². The number of likely N-dealkylation sites (tertiary alicyclic amines) is 1. The number of rotatable bonds is 1. The first-order chi connectivity index (χ1) is 10.3. The lowest BCUT2D eigenvalue weighted by Crippen LogP contribution is -2.42. The Morgan fingerprint density at radius 1 is 1.27 bits per heavy atom. The fourth-order valence-electron chi connectivity index (χ4n) is 3.63. The average molecular weight is 321 g/mol. The Morgan fingerprint density at radius 3 is 2.59 bits per heavy atom. The molecule has 0 radical (unpaired) electrons. The average Bonchev–Trinajstić information content (AvgIpc) is 2.89. The number of nitrogens with two attached hydrogens (primary N) is 1. The quantitative estimate of drug-likeness (QED) is 0.861. The molecule has 3 nitrogen and oxygen atoms in total. The molecule has 22 heavy (non-hydrogen) atoms. The first kappa shape index (κ1) is 16.0. The summed E-state index contributed by atoms with van der Waals surface area (Å²) in [5.41, 5.74) is 7.71. The molecule has 1 atom stereocenters. The number of thiophene rings is 1. The lowest BCUT2D eigenvalue weighted by atomic mass is 9.72. The van der Waals surface area contributed by atoms with E-state index in [1.165, 1.54) is 16.9 Å². The van der Waals surface area contributed by atoms with Gasteiger partial charge in [-0.3, -0.25) is 4.79 Å². The van der Waals surface area contributed by atoms with Crippen LogP contribution in [0.1, 0.15) is 60.1 Å². The maximum absolute atomic E-state index is 12.7. The minimum absolute atomic E-state index is 0.221. The van der Waals surface area contributed by atoms with E-state index in [-0.39, 0.29) is 11.9 Å². The minimum Gasteiger partial charge on any atom is -0.338 e. The Kier molecular flexibility index (Phi) is 4.34. The molecule has 1 amide bonds. The van der Waals surface area contributed by atoms with Gasteiger partial charge in [-0.2, -0.15) is 0 Å². The van der Waals surface area contributed by atoms with Crippen LogP contribution in [0.5, 0.6) is 0 Å². The summed E-state index contributed by atoms with van der Waals surface area (Å²) in [7, 11) is 0. The standard InChI is InChI=1S/C18H28N2OS/c1-18(2,3)13-4-5-15-12(10-13)11-16(22-15)17(21)20-8-6-14(19)7-9-20/h11,13-14H,4-10,19H2,1-3H3. The lowest BCUT2D eigenvalue weighted by molar-refractivity contribution is 0.0719. The molecule has 3 rings (SSSR count). The van der Waals surface area contributed by atoms with E-state index in [0.29, 0.717) is 5.41 Å². The van der Waals surface area contributed by atoms with Gasteiger partial charge in [-0.1, -0.05) is 20.8 Å². The zero-order valence-electron chi connectivity index (χ0n) is 14.0. The minimum atomic E-state index is 0.221. The molecule has 1 aromatic rings. The van der Waals surface area contributed by atoms with Crippen LogP contribution < -0.4 is 5.73 Å². The highest BCUT2D eigenvalue weighted by atomic mass is 32.1. The van der Waals surface area contributed by atoms with Crippen molar-refractivity contribution in [2.45, 2.75) is 58.9 Å². The molecule has 1 saturated heterocycles. The van der Waals surface area contributed by atoms with E-state index in [4.69, 9.17) is 5.73 Å². The van der Waals surface area contributed by atoms with Crippen molar-refractivity contribution in [2.24, 2.45) is 17.1 Å². The highest BCUT2D eigenvalue weighted by Crippen LogP contribution is 2.40. The number of piperidine rings is 1. The Balaban J connectivity index is 1.72. The van der Waals surface area contributed by atoms with Crippen molar-refractivity contribution in [1.29, 1.82) is 0 Å². The Bertz CT molecular complexity index is 550. The molecule has 2 heterocycles. The van der Waals surface area contributed by atoms with Crippen LogP contribution in [0.25, 0.3) is 0 Å². The van der Waals surface area contributed by atoms with Crippen LogP contribution in [0.2, 0.25) is 0 Å². The van der Waals surface area contributed by atoms with E-state index < -0.39 is 0 Å². The van der Waals surface area contributed by atoms with Crippen LogP contribution in [0, 0.1) is 11.3 Å². The lowest BCUT2D eigenvalue weighted by Gasteiger charge is -2.33. The highest BCUT2D eigenvalue weighted by molar-refractivity contribution is 7.14. The molecular formula is C18H28N2OS. The largest absolute Gasteiger partial charge is 0.338 e. The van der Waals surface area contributed by atoms with Crippen molar-refractivity contribution in [1.82, 2.24) is 4.90 Å². The molecule has 1 aromatic heterocycles. The molecule has 0 saturated carbocycles. The van der Waals surface area contributed by atoms with Gasteiger partial charge in [0.05, 0.1) is 4.88 Å². The van der Waals surface area contributed by atoms with Crippen LogP contribution in [0.15, 0.2) is 6.07 Å². The maximum Gasteiger partial charge on any atom is 0.263 e. The number of aryl methyl sites for hydroxylation is 1. The summed E-state index contributed by atoms with van der Waals surface area (Å²) < 4.78 is 0. The number of nitrogens with zero attached hydrogens (tertiary/aromatic N) is 1. The van der Waals surface area contributed by atoms with Gasteiger partial charge < -0.3 is 10.6 Å². The normalized spacial score (nSPS) is 23.5. The van der Waals surface area contributed by atoms with Gasteiger partial charge in [0.25, 0.3) is 5.91 Å². The predicted molar refractivity (Wildman–Crippen MR) is 92.4 cm³/mol. The number of carbonyl (C=O) groups is 1. The second-order valence-electron chi connectivity index (χ2n) is 7.99. The first-order valence-corrected chi connectivity index (χ1v) is 9.32. The topological polar surface area (TPSA) is 46.3 Å². The molecular weight excluding hydrogens is 292 g/mol. The number of hydrogen-bond donors (Lipinski definition) is 1. The van der Waals surface area contributed by atoms with Crippen LogP contribution >= 0.6 is 11.3 Å². The molecule has 2 N–H and O–H groups in total. The van der Waals surface area contributed by atoms with E-state index in [9.17, 15) is 4.79 Å². The first-order valence-electron chi connectivity index (χ1n) is 8.51. The molecule has 2 aliphatic rings. The zero-order valence-corrected chi connectivity index (χ0v) is 14.8. The Hall–Kier alpha value is -0.870. The molecule has 0 aromatic carbocycles. The molecule has 1 fully saturated rings. The Morgan fingerprint density at radius 2 is 1.95 bits per heavy atom. The van der Waals surface area contributed by atoms with Crippen molar-refractivity contribution < 1.29 is 4.79 Å². The second kappa shape index (κ2) is 5.97. The summed E-state index contributed by atoms with van der Waals surface area (Å²) in [4.78, 5) is 17.1. The second-order valence-corrected chi connectivity index (χ2v) is 9.13. The van der Waals surface area contributed by atoms with Gasteiger partial charge >= 0.3 is 0 Å². The zero-order chi connectivity index (χ0) is 15.9. The molecule has 1 unspecified atom stereocenters. The van der Waals surface area contributed by atoms with E-state index in [1.54, 1.807) is 11.3 Å². The third-order valence-corrected chi connectivity index (χ3v) is 6.57. The van der Waals surface area contributed by atoms with Crippen molar-refractivity contribution in [3.63, 3.8) is 0 Å². The van der Waals surface area contributed by atoms with Crippen molar-refractivity contribution in [2.75, 3.05) is 13.1 Å². The van der Waals surface area contributed by atoms with Crippen molar-refractivity contribution in [3.8, 4) is 0 Å². The molecule has 0 bridgehead atoms. The monoisotopic (exact) mass is 320 g/mol. The number of carbonyl (C=O) groups excluding carboxylic acids is 1. The van der Waals surface area contributed by atoms with Crippen LogP contribution in [0.4, 0.5) is 0 Å². The molecule has 4 heteroatoms. The highest BCUT2D eigenvalue weighted by Gasteiger charge is 2.31. The van der Waals surface area contributed by atoms with E-state index in [1.807, 2.05) is 4.90 Å². The third kappa shape index (κ3) is 3.23. The SMILES string of the molecule is CC(C)(C)C1CCc2sc(C(=O)N3CCC(N)CC3)cc2C1. The summed E-state index contributed by atoms with van der Waals surface area (Å²) in [5, 5.41) is 0. The van der Waals surface area contributed by atoms with Gasteiger partial charge in [0, 0.05) is 24.0 Å². The summed E-state index contributed by atoms with van der Waals surface area (Å²) in [6, 6.07) is 2.45. The number of amides is 1. The molecule has 122 valence electrons. The molecule has 1 aliphatic carbocycles. The predicted octanol–water partition coefficient (Wildman–Crippen LogP) is 3.46. The summed E-state index contributed by atoms with van der Waals surface area (Å²) >= 11 is 1.73. The van der Waals surface area contributed by atoms with Crippen LogP contribution in [0.3, 0.4) is 0 Å². The smallest absolute Gasteiger partial charge is 0.263 e. The number of hydrogen-bond acceptors (Lipinski definition) is 3. The van der Waals surface area contributed by atoms with Gasteiger partial charge in [-0.15, -0.1) is 11.3 Å². The molecule has 1 aliphatic heterocycles. The summed E-state index contributed by atoms with van der Waals surface area (Å²) in [6.07, 6.45) is 5.39. The van der Waals surface area contributed by atoms with E-state index in [2.05, 4.69) is 26.8 Å². The van der Waals surface area contributed by atoms with E-state index in [0.717, 1.165) is 49.6 Å². The van der Waals surface area contributed by atoms with Crippen molar-refractivity contribution in [3.05, 3.63) is 21.4 Å². The fourth-order valence-corrected chi connectivity index (χ4v) is 4.80. The van der Waals surface area contributed by atoms with Crippen molar-refractivity contribution >= 4 is 17.2 Å². The van der Waals surface area contributed by atoms with E-state index >= 15 is 0 Å². The Labute approximate surface area is 137 Å². The van der Waals surface area contributed by atoms with Gasteiger partial charge in [0.2, 0.25) is 0 Å². The van der Waals surface area contributed by atoms with Gasteiger partial charge in [-0.25, -0.2) is 0 Å². The van der Waals surface area contributed by atoms with Gasteiger partial charge in [-0.05, 0) is 55.1 Å². The number of fused-ring (bicyclic) bond motifs is 1. The van der Waals surface area contributed by atoms with Crippen LogP contribution in [-0.2, 0) is 12.8 Å². The summed E-state index contributed by atoms with van der Waals surface area (Å²) in [6.45, 7) is 8.62. The van der Waals surface area contributed by atoms with Gasteiger partial charge in [0.1, 0.15) is 0 Å². The third-order valence-electron chi connectivity index (χ3n) is 5.35.